The van der Waals surface area contributed by atoms with Crippen LogP contribution in [0.4, 0.5) is 0 Å². The number of aryl methyl sites for hydroxylation is 1. The topological polar surface area (TPSA) is 57.0 Å². The van der Waals surface area contributed by atoms with Crippen LogP contribution in [0.3, 0.4) is 0 Å². The molecule has 0 fully saturated rings. The molecule has 1 rings (SSSR count). The normalized spacial score (nSPS) is 14.0. The molecule has 0 bridgehead atoms. The first-order valence-corrected chi connectivity index (χ1v) is 8.50. The van der Waals surface area contributed by atoms with Crippen molar-refractivity contribution in [2.24, 2.45) is 5.92 Å². The molecule has 1 atom stereocenters. The molecule has 0 saturated carbocycles. The fraction of sp³-hybridized carbons (Fsp3) is 0.611. The fourth-order valence-electron chi connectivity index (χ4n) is 2.37. The molecule has 1 aromatic rings. The first kappa shape index (κ1) is 19.1. The summed E-state index contributed by atoms with van der Waals surface area (Å²) in [6, 6.07) is 0. The van der Waals surface area contributed by atoms with E-state index in [0.29, 0.717) is 25.5 Å². The molecule has 0 aliphatic carbocycles. The molecule has 5 nitrogen and oxygen atoms in total. The van der Waals surface area contributed by atoms with Gasteiger partial charge in [-0.05, 0) is 25.3 Å². The van der Waals surface area contributed by atoms with Gasteiger partial charge in [-0.15, -0.1) is 5.10 Å². The lowest BCUT2D eigenvalue weighted by Crippen LogP contribution is -2.30. The van der Waals surface area contributed by atoms with E-state index in [2.05, 4.69) is 30.7 Å². The van der Waals surface area contributed by atoms with Crippen LogP contribution in [-0.4, -0.2) is 27.6 Å². The summed E-state index contributed by atoms with van der Waals surface area (Å²) in [5.41, 5.74) is 0. The number of carbonyl (C=O) groups excluding carboxylic acids is 1. The molecule has 0 amide bonds. The van der Waals surface area contributed by atoms with E-state index in [1.54, 1.807) is 10.8 Å². The van der Waals surface area contributed by atoms with Crippen molar-refractivity contribution >= 4 is 18.1 Å². The van der Waals surface area contributed by atoms with Gasteiger partial charge in [0.05, 0.1) is 24.9 Å². The Bertz CT molecular complexity index is 604. The standard InChI is InChI=1S/C18H29N3O2/c1-5-9-11-15(7-3)14-23-18(22)12-13-21-17(10-6-2)16(8-4)19-20-21/h6,8,10,15H,2,5,7,9,11-14H2,1,3-4H3/b16-8+,17-10+. The van der Waals surface area contributed by atoms with Crippen molar-refractivity contribution in [1.29, 1.82) is 0 Å². The molecule has 5 heteroatoms. The highest BCUT2D eigenvalue weighted by molar-refractivity contribution is 5.69. The molecule has 128 valence electrons. The number of nitrogens with zero attached hydrogens (tertiary/aromatic N) is 3. The lowest BCUT2D eigenvalue weighted by Gasteiger charge is -2.14. The van der Waals surface area contributed by atoms with Gasteiger partial charge < -0.3 is 4.74 Å². The SMILES string of the molecule is C=C/C=c1\c(=C/C)nnn1CCC(=O)OCC(CC)CCCC. The second-order valence-corrected chi connectivity index (χ2v) is 5.62. The number of rotatable bonds is 10. The van der Waals surface area contributed by atoms with Gasteiger partial charge in [-0.3, -0.25) is 4.79 Å². The highest BCUT2D eigenvalue weighted by Gasteiger charge is 2.10. The van der Waals surface area contributed by atoms with E-state index in [-0.39, 0.29) is 5.97 Å². The molecule has 23 heavy (non-hydrogen) atoms. The maximum Gasteiger partial charge on any atom is 0.307 e. The van der Waals surface area contributed by atoms with Crippen LogP contribution >= 0.6 is 0 Å². The van der Waals surface area contributed by atoms with Gasteiger partial charge in [0.1, 0.15) is 5.35 Å². The van der Waals surface area contributed by atoms with Crippen molar-refractivity contribution in [1.82, 2.24) is 15.0 Å². The second kappa shape index (κ2) is 10.8. The molecule has 1 aromatic heterocycles. The molecule has 0 N–H and O–H groups in total. The third kappa shape index (κ3) is 6.38. The van der Waals surface area contributed by atoms with Gasteiger partial charge >= 0.3 is 5.97 Å². The maximum absolute atomic E-state index is 11.9. The molecule has 1 heterocycles. The molecule has 1 unspecified atom stereocenters. The summed E-state index contributed by atoms with van der Waals surface area (Å²) in [5.74, 6) is 0.290. The number of unbranched alkanes of at least 4 members (excludes halogenated alkanes) is 1. The number of carbonyl (C=O) groups is 1. The minimum absolute atomic E-state index is 0.179. The van der Waals surface area contributed by atoms with E-state index >= 15 is 0 Å². The number of allylic oxidation sites excluding steroid dienone is 1. The average Bonchev–Trinajstić information content (AvgIpc) is 2.95. The van der Waals surface area contributed by atoms with Gasteiger partial charge in [-0.25, -0.2) is 4.68 Å². The molecule has 0 radical (unpaired) electrons. The molecule has 0 saturated heterocycles. The number of hydrogen-bond donors (Lipinski definition) is 0. The van der Waals surface area contributed by atoms with Crippen molar-refractivity contribution in [3.63, 3.8) is 0 Å². The fourth-order valence-corrected chi connectivity index (χ4v) is 2.37. The Kier molecular flexibility index (Phi) is 8.95. The Hall–Kier alpha value is -1.91. The molecule has 0 aliphatic rings. The lowest BCUT2D eigenvalue weighted by molar-refractivity contribution is -0.145. The Morgan fingerprint density at radius 2 is 2.22 bits per heavy atom. The third-order valence-electron chi connectivity index (χ3n) is 3.90. The van der Waals surface area contributed by atoms with E-state index in [9.17, 15) is 4.79 Å². The molecular formula is C18H29N3O2. The Labute approximate surface area is 138 Å². The second-order valence-electron chi connectivity index (χ2n) is 5.62. The van der Waals surface area contributed by atoms with Crippen LogP contribution in [0.1, 0.15) is 52.9 Å². The summed E-state index contributed by atoms with van der Waals surface area (Å²) in [6.45, 7) is 10.9. The number of esters is 1. The van der Waals surface area contributed by atoms with Crippen LogP contribution in [0.25, 0.3) is 12.2 Å². The summed E-state index contributed by atoms with van der Waals surface area (Å²) in [7, 11) is 0. The highest BCUT2D eigenvalue weighted by atomic mass is 16.5. The quantitative estimate of drug-likeness (QED) is 0.620. The van der Waals surface area contributed by atoms with Gasteiger partial charge in [0, 0.05) is 0 Å². The number of hydrogen-bond acceptors (Lipinski definition) is 4. The van der Waals surface area contributed by atoms with Crippen molar-refractivity contribution in [3.05, 3.63) is 23.4 Å². The van der Waals surface area contributed by atoms with Gasteiger partial charge in [0.25, 0.3) is 0 Å². The number of aromatic nitrogens is 3. The largest absolute Gasteiger partial charge is 0.465 e. The summed E-state index contributed by atoms with van der Waals surface area (Å²) >= 11 is 0. The highest BCUT2D eigenvalue weighted by Crippen LogP contribution is 2.13. The van der Waals surface area contributed by atoms with Gasteiger partial charge in [0.2, 0.25) is 0 Å². The zero-order valence-electron chi connectivity index (χ0n) is 14.6. The first-order valence-electron chi connectivity index (χ1n) is 8.50. The molecule has 0 aliphatic heterocycles. The van der Waals surface area contributed by atoms with Gasteiger partial charge in [-0.2, -0.15) is 0 Å². The van der Waals surface area contributed by atoms with Crippen molar-refractivity contribution in [2.45, 2.75) is 59.4 Å². The van der Waals surface area contributed by atoms with Crippen LogP contribution in [-0.2, 0) is 16.1 Å². The summed E-state index contributed by atoms with van der Waals surface area (Å²) < 4.78 is 7.12. The zero-order chi connectivity index (χ0) is 17.1. The van der Waals surface area contributed by atoms with E-state index in [4.69, 9.17) is 4.74 Å². The van der Waals surface area contributed by atoms with Crippen molar-refractivity contribution in [3.8, 4) is 0 Å². The Morgan fingerprint density at radius 1 is 1.43 bits per heavy atom. The molecule has 0 aromatic carbocycles. The zero-order valence-corrected chi connectivity index (χ0v) is 14.6. The third-order valence-corrected chi connectivity index (χ3v) is 3.90. The Balaban J connectivity index is 2.52. The van der Waals surface area contributed by atoms with Crippen molar-refractivity contribution < 1.29 is 9.53 Å². The minimum atomic E-state index is -0.179. The first-order chi connectivity index (χ1) is 11.2. The van der Waals surface area contributed by atoms with Crippen LogP contribution in [0, 0.1) is 5.92 Å². The van der Waals surface area contributed by atoms with Crippen LogP contribution in [0.2, 0.25) is 0 Å². The van der Waals surface area contributed by atoms with Crippen molar-refractivity contribution in [2.75, 3.05) is 6.61 Å². The van der Waals surface area contributed by atoms with Gasteiger partial charge in [-0.1, -0.05) is 57.1 Å². The monoisotopic (exact) mass is 319 g/mol. The summed E-state index contributed by atoms with van der Waals surface area (Å²) in [4.78, 5) is 11.9. The molecular weight excluding hydrogens is 290 g/mol. The maximum atomic E-state index is 11.9. The van der Waals surface area contributed by atoms with E-state index in [1.165, 1.54) is 12.8 Å². The predicted molar refractivity (Wildman–Crippen MR) is 93.0 cm³/mol. The van der Waals surface area contributed by atoms with E-state index < -0.39 is 0 Å². The number of ether oxygens (including phenoxy) is 1. The van der Waals surface area contributed by atoms with E-state index in [1.807, 2.05) is 19.1 Å². The molecule has 0 spiro atoms. The predicted octanol–water partition coefficient (Wildman–Crippen LogP) is 2.19. The van der Waals surface area contributed by atoms with Crippen LogP contribution in [0.5, 0.6) is 0 Å². The summed E-state index contributed by atoms with van der Waals surface area (Å²) in [5, 5.41) is 9.82. The van der Waals surface area contributed by atoms with Crippen LogP contribution < -0.4 is 10.7 Å². The lowest BCUT2D eigenvalue weighted by atomic mass is 10.0. The van der Waals surface area contributed by atoms with Gasteiger partial charge in [0.15, 0.2) is 0 Å². The van der Waals surface area contributed by atoms with E-state index in [0.717, 1.165) is 23.5 Å². The summed E-state index contributed by atoms with van der Waals surface area (Å²) in [6.07, 6.45) is 10.3. The smallest absolute Gasteiger partial charge is 0.307 e. The van der Waals surface area contributed by atoms with Crippen LogP contribution in [0.15, 0.2) is 12.7 Å². The minimum Gasteiger partial charge on any atom is -0.465 e. The Morgan fingerprint density at radius 3 is 2.83 bits per heavy atom. The average molecular weight is 319 g/mol.